The molecule has 0 saturated carbocycles. The van der Waals surface area contributed by atoms with Crippen LogP contribution in [0, 0.1) is 6.92 Å². The summed E-state index contributed by atoms with van der Waals surface area (Å²) in [4.78, 5) is 0. The van der Waals surface area contributed by atoms with Crippen LogP contribution in [0.5, 0.6) is 5.75 Å². The Bertz CT molecular complexity index is 350. The van der Waals surface area contributed by atoms with E-state index in [0.29, 0.717) is 5.76 Å². The molecule has 1 rings (SSSR count). The molecule has 1 heteroatoms. The van der Waals surface area contributed by atoms with Crippen LogP contribution in [0.2, 0.25) is 0 Å². The van der Waals surface area contributed by atoms with Crippen molar-refractivity contribution in [3.63, 3.8) is 0 Å². The summed E-state index contributed by atoms with van der Waals surface area (Å²) in [5.74, 6) is 1.47. The fourth-order valence-electron chi connectivity index (χ4n) is 1.41. The monoisotopic (exact) mass is 188 g/mol. The molecule has 0 spiro atoms. The SMILES string of the molecule is C=CC(=C)Oc1cccc(C)c1CC. The van der Waals surface area contributed by atoms with Crippen molar-refractivity contribution >= 4 is 0 Å². The molecule has 0 aliphatic rings. The van der Waals surface area contributed by atoms with Crippen molar-refractivity contribution in [2.24, 2.45) is 0 Å². The summed E-state index contributed by atoms with van der Waals surface area (Å²) in [5.41, 5.74) is 2.48. The maximum Gasteiger partial charge on any atom is 0.130 e. The first-order valence-corrected chi connectivity index (χ1v) is 4.76. The molecule has 0 saturated heterocycles. The zero-order valence-corrected chi connectivity index (χ0v) is 8.84. The molecule has 0 atom stereocenters. The van der Waals surface area contributed by atoms with Crippen LogP contribution in [-0.2, 0) is 6.42 Å². The highest BCUT2D eigenvalue weighted by molar-refractivity contribution is 5.40. The van der Waals surface area contributed by atoms with E-state index in [9.17, 15) is 0 Å². The number of allylic oxidation sites excluding steroid dienone is 1. The maximum atomic E-state index is 5.55. The number of aryl methyl sites for hydroxylation is 1. The second kappa shape index (κ2) is 4.66. The Morgan fingerprint density at radius 2 is 2.21 bits per heavy atom. The van der Waals surface area contributed by atoms with Gasteiger partial charge in [0.1, 0.15) is 11.5 Å². The van der Waals surface area contributed by atoms with Gasteiger partial charge in [0.2, 0.25) is 0 Å². The third-order valence-electron chi connectivity index (χ3n) is 2.19. The van der Waals surface area contributed by atoms with E-state index in [0.717, 1.165) is 12.2 Å². The van der Waals surface area contributed by atoms with E-state index in [1.165, 1.54) is 11.1 Å². The van der Waals surface area contributed by atoms with E-state index in [-0.39, 0.29) is 0 Å². The Morgan fingerprint density at radius 3 is 2.79 bits per heavy atom. The number of benzene rings is 1. The topological polar surface area (TPSA) is 9.23 Å². The van der Waals surface area contributed by atoms with Gasteiger partial charge in [-0.25, -0.2) is 0 Å². The lowest BCUT2D eigenvalue weighted by molar-refractivity contribution is 0.441. The number of rotatable bonds is 4. The molecule has 0 N–H and O–H groups in total. The van der Waals surface area contributed by atoms with Crippen molar-refractivity contribution in [2.45, 2.75) is 20.3 Å². The van der Waals surface area contributed by atoms with Crippen LogP contribution in [0.4, 0.5) is 0 Å². The van der Waals surface area contributed by atoms with Crippen LogP contribution in [-0.4, -0.2) is 0 Å². The second-order valence-electron chi connectivity index (χ2n) is 3.18. The summed E-state index contributed by atoms with van der Waals surface area (Å²) in [5, 5.41) is 0. The van der Waals surface area contributed by atoms with Gasteiger partial charge in [-0.1, -0.05) is 32.2 Å². The third-order valence-corrected chi connectivity index (χ3v) is 2.19. The molecular formula is C13H16O. The standard InChI is InChI=1S/C13H16O/c1-5-11(4)14-13-9-7-8-10(3)12(13)6-2/h5,7-9H,1,4,6H2,2-3H3. The van der Waals surface area contributed by atoms with Gasteiger partial charge in [0, 0.05) is 0 Å². The lowest BCUT2D eigenvalue weighted by Crippen LogP contribution is -1.96. The molecule has 0 amide bonds. The van der Waals surface area contributed by atoms with Crippen LogP contribution in [0.1, 0.15) is 18.1 Å². The molecule has 0 unspecified atom stereocenters. The molecular weight excluding hydrogens is 172 g/mol. The lowest BCUT2D eigenvalue weighted by Gasteiger charge is -2.11. The zero-order chi connectivity index (χ0) is 10.6. The molecule has 1 aromatic rings. The molecule has 0 aliphatic heterocycles. The van der Waals surface area contributed by atoms with E-state index in [1.54, 1.807) is 6.08 Å². The van der Waals surface area contributed by atoms with Gasteiger partial charge in [-0.15, -0.1) is 0 Å². The largest absolute Gasteiger partial charge is 0.458 e. The minimum Gasteiger partial charge on any atom is -0.458 e. The van der Waals surface area contributed by atoms with Crippen molar-refractivity contribution in [2.75, 3.05) is 0 Å². The molecule has 0 bridgehead atoms. The second-order valence-corrected chi connectivity index (χ2v) is 3.18. The average Bonchev–Trinajstić information content (AvgIpc) is 2.18. The van der Waals surface area contributed by atoms with Gasteiger partial charge in [-0.05, 0) is 36.6 Å². The molecule has 74 valence electrons. The third kappa shape index (κ3) is 2.25. The highest BCUT2D eigenvalue weighted by Crippen LogP contribution is 2.24. The predicted octanol–water partition coefficient (Wildman–Crippen LogP) is 3.64. The van der Waals surface area contributed by atoms with Gasteiger partial charge >= 0.3 is 0 Å². The van der Waals surface area contributed by atoms with E-state index in [4.69, 9.17) is 4.74 Å². The molecule has 0 heterocycles. The van der Waals surface area contributed by atoms with Crippen molar-refractivity contribution in [3.05, 3.63) is 54.3 Å². The summed E-state index contributed by atoms with van der Waals surface area (Å²) in [7, 11) is 0. The van der Waals surface area contributed by atoms with Crippen LogP contribution < -0.4 is 4.74 Å². The smallest absolute Gasteiger partial charge is 0.130 e. The summed E-state index contributed by atoms with van der Waals surface area (Å²) < 4.78 is 5.55. The number of hydrogen-bond donors (Lipinski definition) is 0. The molecule has 0 aromatic heterocycles. The predicted molar refractivity (Wildman–Crippen MR) is 60.5 cm³/mol. The Morgan fingerprint density at radius 1 is 1.50 bits per heavy atom. The zero-order valence-electron chi connectivity index (χ0n) is 8.84. The van der Waals surface area contributed by atoms with E-state index in [2.05, 4.69) is 33.1 Å². The van der Waals surface area contributed by atoms with Crippen molar-refractivity contribution in [3.8, 4) is 5.75 Å². The van der Waals surface area contributed by atoms with Crippen LogP contribution in [0.25, 0.3) is 0 Å². The Hall–Kier alpha value is -1.50. The van der Waals surface area contributed by atoms with Gasteiger partial charge in [-0.3, -0.25) is 0 Å². The molecule has 1 nitrogen and oxygen atoms in total. The highest BCUT2D eigenvalue weighted by atomic mass is 16.5. The van der Waals surface area contributed by atoms with Gasteiger partial charge in [-0.2, -0.15) is 0 Å². The molecule has 1 aromatic carbocycles. The number of hydrogen-bond acceptors (Lipinski definition) is 1. The minimum atomic E-state index is 0.588. The van der Waals surface area contributed by atoms with Crippen molar-refractivity contribution < 1.29 is 4.74 Å². The first-order chi connectivity index (χ1) is 6.69. The van der Waals surface area contributed by atoms with Gasteiger partial charge in [0.25, 0.3) is 0 Å². The number of ether oxygens (including phenoxy) is 1. The normalized spacial score (nSPS) is 9.57. The van der Waals surface area contributed by atoms with E-state index in [1.807, 2.05) is 12.1 Å². The summed E-state index contributed by atoms with van der Waals surface area (Å²) in [6.45, 7) is 11.5. The van der Waals surface area contributed by atoms with E-state index < -0.39 is 0 Å². The molecule has 0 fully saturated rings. The Labute approximate surface area is 85.7 Å². The van der Waals surface area contributed by atoms with E-state index >= 15 is 0 Å². The maximum absolute atomic E-state index is 5.55. The molecule has 0 radical (unpaired) electrons. The molecule has 0 aliphatic carbocycles. The minimum absolute atomic E-state index is 0.588. The Kier molecular flexibility index (Phi) is 3.52. The van der Waals surface area contributed by atoms with Crippen molar-refractivity contribution in [1.82, 2.24) is 0 Å². The molecule has 14 heavy (non-hydrogen) atoms. The highest BCUT2D eigenvalue weighted by Gasteiger charge is 2.04. The van der Waals surface area contributed by atoms with Crippen LogP contribution in [0.15, 0.2) is 43.2 Å². The summed E-state index contributed by atoms with van der Waals surface area (Å²) in [6.07, 6.45) is 2.58. The lowest BCUT2D eigenvalue weighted by atomic mass is 10.1. The van der Waals surface area contributed by atoms with Gasteiger partial charge in [0.05, 0.1) is 0 Å². The van der Waals surface area contributed by atoms with Gasteiger partial charge in [0.15, 0.2) is 0 Å². The first kappa shape index (κ1) is 10.6. The fourth-order valence-corrected chi connectivity index (χ4v) is 1.41. The van der Waals surface area contributed by atoms with Gasteiger partial charge < -0.3 is 4.74 Å². The Balaban J connectivity index is 3.01. The average molecular weight is 188 g/mol. The fraction of sp³-hybridized carbons (Fsp3) is 0.231. The summed E-state index contributed by atoms with van der Waals surface area (Å²) >= 11 is 0. The van der Waals surface area contributed by atoms with Crippen LogP contribution in [0.3, 0.4) is 0 Å². The van der Waals surface area contributed by atoms with Crippen molar-refractivity contribution in [1.29, 1.82) is 0 Å². The summed E-state index contributed by atoms with van der Waals surface area (Å²) in [6, 6.07) is 6.03. The first-order valence-electron chi connectivity index (χ1n) is 4.76. The quantitative estimate of drug-likeness (QED) is 0.518. The van der Waals surface area contributed by atoms with Crippen LogP contribution >= 0.6 is 0 Å².